The smallest absolute Gasteiger partial charge is 0.269 e. The minimum atomic E-state index is -0.432. The second-order valence-electron chi connectivity index (χ2n) is 6.72. The van der Waals surface area contributed by atoms with Crippen LogP contribution in [0, 0.1) is 13.8 Å². The number of rotatable bonds is 4. The van der Waals surface area contributed by atoms with Gasteiger partial charge in [-0.2, -0.15) is 0 Å². The molecule has 0 aromatic carbocycles. The Morgan fingerprint density at radius 3 is 2.83 bits per heavy atom. The maximum absolute atomic E-state index is 12.1. The third-order valence-electron chi connectivity index (χ3n) is 4.43. The van der Waals surface area contributed by atoms with E-state index in [2.05, 4.69) is 25.3 Å². The van der Waals surface area contributed by atoms with Crippen molar-refractivity contribution in [2.45, 2.75) is 52.1 Å². The molecule has 1 aromatic heterocycles. The summed E-state index contributed by atoms with van der Waals surface area (Å²) in [5.74, 6) is 0.618. The molecule has 1 amide bonds. The van der Waals surface area contributed by atoms with Gasteiger partial charge in [0.05, 0.1) is 6.54 Å². The third-order valence-corrected chi connectivity index (χ3v) is 4.43. The standard InChI is InChI=1S/C17H25N5O2/c1-4-7-18-15(23)14-10-17(24-21-14)6-5-8-22(11-17)16-19-12(2)9-13(3)20-16/h9H,4-8,10-11H2,1-3H3,(H,18,23)/t17-/m1/s1. The van der Waals surface area contributed by atoms with Crippen LogP contribution < -0.4 is 10.2 Å². The highest BCUT2D eigenvalue weighted by molar-refractivity contribution is 6.39. The Hall–Kier alpha value is -2.18. The molecule has 1 N–H and O–H groups in total. The van der Waals surface area contributed by atoms with Crippen molar-refractivity contribution in [2.24, 2.45) is 5.16 Å². The molecule has 2 aliphatic heterocycles. The summed E-state index contributed by atoms with van der Waals surface area (Å²) in [5, 5.41) is 6.93. The summed E-state index contributed by atoms with van der Waals surface area (Å²) in [6.07, 6.45) is 3.31. The van der Waals surface area contributed by atoms with E-state index in [1.165, 1.54) is 0 Å². The van der Waals surface area contributed by atoms with Crippen molar-refractivity contribution in [1.82, 2.24) is 15.3 Å². The molecule has 1 saturated heterocycles. The topological polar surface area (TPSA) is 79.7 Å². The van der Waals surface area contributed by atoms with E-state index in [9.17, 15) is 4.79 Å². The lowest BCUT2D eigenvalue weighted by molar-refractivity contribution is -0.114. The van der Waals surface area contributed by atoms with Gasteiger partial charge in [-0.3, -0.25) is 4.79 Å². The maximum Gasteiger partial charge on any atom is 0.269 e. The van der Waals surface area contributed by atoms with Crippen molar-refractivity contribution in [1.29, 1.82) is 0 Å². The molecule has 1 spiro atoms. The lowest BCUT2D eigenvalue weighted by Gasteiger charge is -2.38. The van der Waals surface area contributed by atoms with Crippen LogP contribution in [0.3, 0.4) is 0 Å². The number of carbonyl (C=O) groups excluding carboxylic acids is 1. The van der Waals surface area contributed by atoms with E-state index < -0.39 is 5.60 Å². The second-order valence-corrected chi connectivity index (χ2v) is 6.72. The van der Waals surface area contributed by atoms with Crippen LogP contribution in [-0.2, 0) is 9.63 Å². The van der Waals surface area contributed by atoms with Gasteiger partial charge < -0.3 is 15.1 Å². The summed E-state index contributed by atoms with van der Waals surface area (Å²) in [6, 6.07) is 1.97. The van der Waals surface area contributed by atoms with Crippen LogP contribution in [0.4, 0.5) is 5.95 Å². The lowest BCUT2D eigenvalue weighted by Crippen LogP contribution is -2.49. The Morgan fingerprint density at radius 2 is 2.12 bits per heavy atom. The fraction of sp³-hybridized carbons (Fsp3) is 0.647. The average Bonchev–Trinajstić information content (AvgIpc) is 2.95. The van der Waals surface area contributed by atoms with E-state index in [0.29, 0.717) is 25.2 Å². The van der Waals surface area contributed by atoms with Gasteiger partial charge in [0.2, 0.25) is 5.95 Å². The third kappa shape index (κ3) is 3.49. The largest absolute Gasteiger partial charge is 0.386 e. The van der Waals surface area contributed by atoms with Gasteiger partial charge in [-0.1, -0.05) is 12.1 Å². The summed E-state index contributed by atoms with van der Waals surface area (Å²) in [4.78, 5) is 29.1. The highest BCUT2D eigenvalue weighted by Crippen LogP contribution is 2.34. The summed E-state index contributed by atoms with van der Waals surface area (Å²) in [5.41, 5.74) is 1.98. The minimum Gasteiger partial charge on any atom is -0.386 e. The number of amides is 1. The number of nitrogens with zero attached hydrogens (tertiary/aromatic N) is 4. The average molecular weight is 331 g/mol. The van der Waals surface area contributed by atoms with Crippen molar-refractivity contribution in [2.75, 3.05) is 24.5 Å². The van der Waals surface area contributed by atoms with Gasteiger partial charge in [0.1, 0.15) is 5.71 Å². The molecule has 130 valence electrons. The van der Waals surface area contributed by atoms with Gasteiger partial charge in [-0.25, -0.2) is 9.97 Å². The molecule has 3 rings (SSSR count). The van der Waals surface area contributed by atoms with Crippen molar-refractivity contribution in [3.63, 3.8) is 0 Å². The molecule has 0 radical (unpaired) electrons. The molecule has 1 atom stereocenters. The predicted octanol–water partition coefficient (Wildman–Crippen LogP) is 1.73. The summed E-state index contributed by atoms with van der Waals surface area (Å²) < 4.78 is 0. The number of hydrogen-bond acceptors (Lipinski definition) is 6. The van der Waals surface area contributed by atoms with Crippen LogP contribution in [0.5, 0.6) is 0 Å². The van der Waals surface area contributed by atoms with Crippen molar-refractivity contribution < 1.29 is 9.63 Å². The first-order chi connectivity index (χ1) is 11.5. The number of carbonyl (C=O) groups is 1. The van der Waals surface area contributed by atoms with Gasteiger partial charge >= 0.3 is 0 Å². The van der Waals surface area contributed by atoms with E-state index in [1.807, 2.05) is 26.8 Å². The quantitative estimate of drug-likeness (QED) is 0.909. The maximum atomic E-state index is 12.1. The molecular formula is C17H25N5O2. The van der Waals surface area contributed by atoms with Gasteiger partial charge in [-0.15, -0.1) is 0 Å². The molecule has 1 fully saturated rings. The van der Waals surface area contributed by atoms with Gasteiger partial charge in [0, 0.05) is 30.9 Å². The minimum absolute atomic E-state index is 0.117. The van der Waals surface area contributed by atoms with E-state index >= 15 is 0 Å². The molecular weight excluding hydrogens is 306 g/mol. The number of piperidine rings is 1. The van der Waals surface area contributed by atoms with Crippen LogP contribution in [0.15, 0.2) is 11.2 Å². The van der Waals surface area contributed by atoms with E-state index in [0.717, 1.165) is 43.1 Å². The molecule has 0 saturated carbocycles. The summed E-state index contributed by atoms with van der Waals surface area (Å²) in [7, 11) is 0. The zero-order valence-corrected chi connectivity index (χ0v) is 14.6. The van der Waals surface area contributed by atoms with Gasteiger partial charge in [0.15, 0.2) is 5.60 Å². The second kappa shape index (κ2) is 6.75. The van der Waals surface area contributed by atoms with Crippen LogP contribution in [-0.4, -0.2) is 46.8 Å². The number of nitrogens with one attached hydrogen (secondary N) is 1. The first kappa shape index (κ1) is 16.7. The number of aromatic nitrogens is 2. The van der Waals surface area contributed by atoms with E-state index in [-0.39, 0.29) is 5.91 Å². The first-order valence-electron chi connectivity index (χ1n) is 8.62. The molecule has 7 heteroatoms. The first-order valence-corrected chi connectivity index (χ1v) is 8.62. The molecule has 0 bridgehead atoms. The molecule has 7 nitrogen and oxygen atoms in total. The normalized spacial score (nSPS) is 23.1. The Balaban J connectivity index is 1.69. The Morgan fingerprint density at radius 1 is 1.38 bits per heavy atom. The van der Waals surface area contributed by atoms with E-state index in [4.69, 9.17) is 4.84 Å². The highest BCUT2D eigenvalue weighted by atomic mass is 16.7. The number of anilines is 1. The number of aryl methyl sites for hydroxylation is 2. The molecule has 1 aromatic rings. The Bertz CT molecular complexity index is 640. The zero-order chi connectivity index (χ0) is 17.2. The Labute approximate surface area is 142 Å². The zero-order valence-electron chi connectivity index (χ0n) is 14.6. The van der Waals surface area contributed by atoms with Crippen molar-refractivity contribution in [3.05, 3.63) is 17.5 Å². The van der Waals surface area contributed by atoms with Gasteiger partial charge in [0.25, 0.3) is 5.91 Å². The summed E-state index contributed by atoms with van der Waals surface area (Å²) >= 11 is 0. The molecule has 0 unspecified atom stereocenters. The van der Waals surface area contributed by atoms with E-state index in [1.54, 1.807) is 0 Å². The summed E-state index contributed by atoms with van der Waals surface area (Å²) in [6.45, 7) is 8.19. The van der Waals surface area contributed by atoms with Crippen LogP contribution in [0.1, 0.15) is 44.0 Å². The van der Waals surface area contributed by atoms with Gasteiger partial charge in [-0.05, 0) is 39.2 Å². The predicted molar refractivity (Wildman–Crippen MR) is 92.1 cm³/mol. The Kier molecular flexibility index (Phi) is 4.69. The molecule has 2 aliphatic rings. The molecule has 0 aliphatic carbocycles. The fourth-order valence-corrected chi connectivity index (χ4v) is 3.32. The number of hydrogen-bond donors (Lipinski definition) is 1. The lowest BCUT2D eigenvalue weighted by atomic mass is 9.88. The molecule has 3 heterocycles. The van der Waals surface area contributed by atoms with Crippen LogP contribution in [0.25, 0.3) is 0 Å². The number of oxime groups is 1. The SMILES string of the molecule is CCCNC(=O)C1=NO[C@]2(CCCN(c3nc(C)cc(C)n3)C2)C1. The van der Waals surface area contributed by atoms with Crippen molar-refractivity contribution in [3.8, 4) is 0 Å². The van der Waals surface area contributed by atoms with Crippen LogP contribution in [0.2, 0.25) is 0 Å². The van der Waals surface area contributed by atoms with Crippen LogP contribution >= 0.6 is 0 Å². The fourth-order valence-electron chi connectivity index (χ4n) is 3.32. The van der Waals surface area contributed by atoms with Crippen molar-refractivity contribution >= 4 is 17.6 Å². The molecule has 24 heavy (non-hydrogen) atoms. The highest BCUT2D eigenvalue weighted by Gasteiger charge is 2.45. The monoisotopic (exact) mass is 331 g/mol.